The van der Waals surface area contributed by atoms with Crippen LogP contribution in [-0.2, 0) is 9.53 Å². The Kier molecular flexibility index (Phi) is 7.34. The van der Waals surface area contributed by atoms with Gasteiger partial charge < -0.3 is 14.8 Å². The average Bonchev–Trinajstić information content (AvgIpc) is 2.67. The summed E-state index contributed by atoms with van der Waals surface area (Å²) in [6.07, 6.45) is 0.580. The monoisotopic (exact) mass is 373 g/mol. The Morgan fingerprint density at radius 3 is 2.44 bits per heavy atom. The summed E-state index contributed by atoms with van der Waals surface area (Å²) in [5, 5.41) is 2.89. The van der Waals surface area contributed by atoms with E-state index < -0.39 is 23.8 Å². The van der Waals surface area contributed by atoms with Crippen LogP contribution < -0.4 is 10.1 Å². The van der Waals surface area contributed by atoms with E-state index in [-0.39, 0.29) is 11.6 Å². The number of benzene rings is 2. The number of nitrogens with one attached hydrogen (secondary N) is 1. The summed E-state index contributed by atoms with van der Waals surface area (Å²) in [7, 11) is 1.40. The molecule has 0 saturated heterocycles. The lowest BCUT2D eigenvalue weighted by molar-refractivity contribution is -0.130. The Labute approximate surface area is 158 Å². The molecule has 2 aromatic carbocycles. The number of carbonyl (C=O) groups is 2. The van der Waals surface area contributed by atoms with Crippen LogP contribution in [0.15, 0.2) is 48.5 Å². The van der Waals surface area contributed by atoms with Gasteiger partial charge >= 0.3 is 5.97 Å². The number of halogens is 1. The largest absolute Gasteiger partial charge is 0.497 e. The highest BCUT2D eigenvalue weighted by Crippen LogP contribution is 2.20. The summed E-state index contributed by atoms with van der Waals surface area (Å²) in [6, 6.07) is 13.2. The van der Waals surface area contributed by atoms with Gasteiger partial charge in [0, 0.05) is 6.07 Å². The van der Waals surface area contributed by atoms with Crippen molar-refractivity contribution in [2.24, 2.45) is 0 Å². The first kappa shape index (κ1) is 20.4. The SMILES string of the molecule is CCC[C@@H](NC(=O)[C@H](C)OC(=O)c1ccc(OC)cc1F)c1ccccc1. The van der Waals surface area contributed by atoms with E-state index in [1.54, 1.807) is 0 Å². The van der Waals surface area contributed by atoms with Gasteiger partial charge in [0.15, 0.2) is 6.10 Å². The second kappa shape index (κ2) is 9.71. The fraction of sp³-hybridized carbons (Fsp3) is 0.333. The van der Waals surface area contributed by atoms with Gasteiger partial charge in [-0.05, 0) is 31.0 Å². The molecule has 0 aromatic heterocycles. The van der Waals surface area contributed by atoms with E-state index in [9.17, 15) is 14.0 Å². The number of rotatable bonds is 8. The van der Waals surface area contributed by atoms with E-state index in [1.807, 2.05) is 37.3 Å². The van der Waals surface area contributed by atoms with E-state index in [2.05, 4.69) is 5.32 Å². The second-order valence-corrected chi connectivity index (χ2v) is 6.15. The topological polar surface area (TPSA) is 64.6 Å². The molecule has 2 rings (SSSR count). The van der Waals surface area contributed by atoms with Gasteiger partial charge in [-0.3, -0.25) is 4.79 Å². The normalized spacial score (nSPS) is 12.7. The zero-order valence-corrected chi connectivity index (χ0v) is 15.7. The smallest absolute Gasteiger partial charge is 0.341 e. The van der Waals surface area contributed by atoms with Crippen molar-refractivity contribution in [1.29, 1.82) is 0 Å². The third kappa shape index (κ3) is 5.54. The zero-order chi connectivity index (χ0) is 19.8. The van der Waals surface area contributed by atoms with Crippen LogP contribution in [0, 0.1) is 5.82 Å². The highest BCUT2D eigenvalue weighted by atomic mass is 19.1. The standard InChI is InChI=1S/C21H24FNO4/c1-4-8-19(15-9-6-5-7-10-15)23-20(24)14(2)27-21(25)17-12-11-16(26-3)13-18(17)22/h5-7,9-14,19H,4,8H2,1-3H3,(H,23,24)/t14-,19+/m0/s1. The summed E-state index contributed by atoms with van der Waals surface area (Å²) in [4.78, 5) is 24.6. The fourth-order valence-electron chi connectivity index (χ4n) is 2.65. The quantitative estimate of drug-likeness (QED) is 0.710. The van der Waals surface area contributed by atoms with Crippen molar-refractivity contribution in [3.05, 3.63) is 65.5 Å². The molecule has 0 aliphatic carbocycles. The molecule has 2 atom stereocenters. The Hall–Kier alpha value is -2.89. The molecule has 0 aliphatic rings. The Bertz CT molecular complexity index is 779. The van der Waals surface area contributed by atoms with Crippen LogP contribution in [0.4, 0.5) is 4.39 Å². The van der Waals surface area contributed by atoms with E-state index in [0.717, 1.165) is 24.5 Å². The van der Waals surface area contributed by atoms with Gasteiger partial charge in [0.05, 0.1) is 18.7 Å². The summed E-state index contributed by atoms with van der Waals surface area (Å²) in [6.45, 7) is 3.49. The van der Waals surface area contributed by atoms with Crippen LogP contribution in [0.3, 0.4) is 0 Å². The number of hydrogen-bond acceptors (Lipinski definition) is 4. The van der Waals surface area contributed by atoms with Crippen molar-refractivity contribution in [3.8, 4) is 5.75 Å². The van der Waals surface area contributed by atoms with E-state index in [4.69, 9.17) is 9.47 Å². The molecule has 1 N–H and O–H groups in total. The molecule has 0 heterocycles. The molecule has 0 radical (unpaired) electrons. The van der Waals surface area contributed by atoms with Gasteiger partial charge in [0.1, 0.15) is 11.6 Å². The molecular weight excluding hydrogens is 349 g/mol. The predicted molar refractivity (Wildman–Crippen MR) is 100 cm³/mol. The van der Waals surface area contributed by atoms with Gasteiger partial charge in [-0.15, -0.1) is 0 Å². The number of hydrogen-bond donors (Lipinski definition) is 1. The van der Waals surface area contributed by atoms with E-state index >= 15 is 0 Å². The van der Waals surface area contributed by atoms with Crippen molar-refractivity contribution < 1.29 is 23.5 Å². The van der Waals surface area contributed by atoms with Gasteiger partial charge in [-0.25, -0.2) is 9.18 Å². The van der Waals surface area contributed by atoms with E-state index in [1.165, 1.54) is 26.2 Å². The summed E-state index contributed by atoms with van der Waals surface area (Å²) < 4.78 is 24.0. The summed E-state index contributed by atoms with van der Waals surface area (Å²) in [5.41, 5.74) is 0.732. The highest BCUT2D eigenvalue weighted by molar-refractivity contribution is 5.92. The summed E-state index contributed by atoms with van der Waals surface area (Å²) in [5.74, 6) is -1.80. The van der Waals surface area contributed by atoms with Crippen LogP contribution in [-0.4, -0.2) is 25.1 Å². The molecule has 6 heteroatoms. The molecule has 0 bridgehead atoms. The van der Waals surface area contributed by atoms with Gasteiger partial charge in [0.25, 0.3) is 5.91 Å². The molecule has 0 aliphatic heterocycles. The number of methoxy groups -OCH3 is 1. The van der Waals surface area contributed by atoms with Crippen LogP contribution in [0.2, 0.25) is 0 Å². The fourth-order valence-corrected chi connectivity index (χ4v) is 2.65. The van der Waals surface area contributed by atoms with Gasteiger partial charge in [-0.2, -0.15) is 0 Å². The Morgan fingerprint density at radius 1 is 1.15 bits per heavy atom. The molecule has 0 unspecified atom stereocenters. The molecule has 2 aromatic rings. The third-order valence-corrected chi connectivity index (χ3v) is 4.14. The van der Waals surface area contributed by atoms with Crippen LogP contribution in [0.5, 0.6) is 5.75 Å². The lowest BCUT2D eigenvalue weighted by Gasteiger charge is -2.21. The lowest BCUT2D eigenvalue weighted by Crippen LogP contribution is -2.38. The van der Waals surface area contributed by atoms with Crippen LogP contribution in [0.1, 0.15) is 48.7 Å². The molecule has 0 fully saturated rings. The highest BCUT2D eigenvalue weighted by Gasteiger charge is 2.23. The first-order valence-electron chi connectivity index (χ1n) is 8.86. The maximum absolute atomic E-state index is 14.0. The molecule has 27 heavy (non-hydrogen) atoms. The van der Waals surface area contributed by atoms with Crippen molar-refractivity contribution in [2.45, 2.75) is 38.8 Å². The maximum atomic E-state index is 14.0. The Morgan fingerprint density at radius 2 is 1.85 bits per heavy atom. The molecule has 5 nitrogen and oxygen atoms in total. The number of amides is 1. The van der Waals surface area contributed by atoms with Crippen molar-refractivity contribution in [3.63, 3.8) is 0 Å². The summed E-state index contributed by atoms with van der Waals surface area (Å²) >= 11 is 0. The van der Waals surface area contributed by atoms with Crippen LogP contribution in [0.25, 0.3) is 0 Å². The number of carbonyl (C=O) groups excluding carboxylic acids is 2. The zero-order valence-electron chi connectivity index (χ0n) is 15.7. The lowest BCUT2D eigenvalue weighted by atomic mass is 10.0. The minimum absolute atomic E-state index is 0.178. The molecule has 1 amide bonds. The maximum Gasteiger partial charge on any atom is 0.341 e. The molecule has 144 valence electrons. The Balaban J connectivity index is 2.02. The first-order valence-corrected chi connectivity index (χ1v) is 8.86. The minimum Gasteiger partial charge on any atom is -0.497 e. The van der Waals surface area contributed by atoms with E-state index in [0.29, 0.717) is 5.75 Å². The first-order chi connectivity index (χ1) is 13.0. The molecular formula is C21H24FNO4. The van der Waals surface area contributed by atoms with Gasteiger partial charge in [0.2, 0.25) is 0 Å². The molecule has 0 spiro atoms. The van der Waals surface area contributed by atoms with Crippen LogP contribution >= 0.6 is 0 Å². The van der Waals surface area contributed by atoms with Crippen molar-refractivity contribution in [1.82, 2.24) is 5.32 Å². The minimum atomic E-state index is -1.05. The predicted octanol–water partition coefficient (Wildman–Crippen LogP) is 4.04. The van der Waals surface area contributed by atoms with Crippen molar-refractivity contribution in [2.75, 3.05) is 7.11 Å². The number of esters is 1. The number of ether oxygens (including phenoxy) is 2. The molecule has 0 saturated carbocycles. The average molecular weight is 373 g/mol. The third-order valence-electron chi connectivity index (χ3n) is 4.14. The van der Waals surface area contributed by atoms with Gasteiger partial charge in [-0.1, -0.05) is 43.7 Å². The second-order valence-electron chi connectivity index (χ2n) is 6.15. The van der Waals surface area contributed by atoms with Crippen molar-refractivity contribution >= 4 is 11.9 Å².